The Morgan fingerprint density at radius 1 is 1.47 bits per heavy atom. The summed E-state index contributed by atoms with van der Waals surface area (Å²) in [5, 5.41) is 11.8. The molecule has 1 unspecified atom stereocenters. The van der Waals surface area contributed by atoms with Crippen LogP contribution in [0, 0.1) is 0 Å². The van der Waals surface area contributed by atoms with E-state index in [1.165, 1.54) is 11.2 Å². The average Bonchev–Trinajstić information content (AvgIpc) is 2.46. The lowest BCUT2D eigenvalue weighted by molar-refractivity contribution is -0.143. The minimum absolute atomic E-state index is 0.268. The van der Waals surface area contributed by atoms with Gasteiger partial charge in [0.1, 0.15) is 12.4 Å². The van der Waals surface area contributed by atoms with Crippen molar-refractivity contribution in [3.8, 4) is 0 Å². The maximum Gasteiger partial charge on any atom is 0.326 e. The number of amides is 2. The molecule has 19 heavy (non-hydrogen) atoms. The summed E-state index contributed by atoms with van der Waals surface area (Å²) in [5.41, 5.74) is 0.687. The number of hydrogen-bond acceptors (Lipinski definition) is 4. The van der Waals surface area contributed by atoms with Gasteiger partial charge in [-0.15, -0.1) is 0 Å². The first-order chi connectivity index (χ1) is 9.18. The van der Waals surface area contributed by atoms with E-state index >= 15 is 0 Å². The summed E-state index contributed by atoms with van der Waals surface area (Å²) < 4.78 is 0. The molecular formula is C12H16N4O3. The third-order valence-electron chi connectivity index (χ3n) is 3.11. The molecule has 0 aromatic carbocycles. The van der Waals surface area contributed by atoms with Gasteiger partial charge in [0.05, 0.1) is 12.2 Å². The first kappa shape index (κ1) is 13.3. The quantitative estimate of drug-likeness (QED) is 0.834. The number of carboxylic acids is 1. The molecule has 1 fully saturated rings. The number of nitrogens with zero attached hydrogens (tertiary/aromatic N) is 3. The molecular weight excluding hydrogens is 248 g/mol. The van der Waals surface area contributed by atoms with Crippen molar-refractivity contribution in [3.05, 3.63) is 24.3 Å². The monoisotopic (exact) mass is 264 g/mol. The zero-order chi connectivity index (χ0) is 13.7. The van der Waals surface area contributed by atoms with E-state index in [0.717, 1.165) is 12.8 Å². The van der Waals surface area contributed by atoms with Crippen LogP contribution in [0.3, 0.4) is 0 Å². The molecule has 7 heteroatoms. The molecule has 2 rings (SSSR count). The fraction of sp³-hybridized carbons (Fsp3) is 0.500. The molecule has 2 heterocycles. The highest BCUT2D eigenvalue weighted by Crippen LogP contribution is 2.17. The molecule has 1 saturated heterocycles. The standard InChI is InChI=1S/C12H16N4O3/c17-11(18)10-3-1-2-6-16(10)12(19)14-7-9-4-5-13-8-15-9/h4-5,8,10H,1-3,6-7H2,(H,14,19)(H,17,18). The number of piperidine rings is 1. The van der Waals surface area contributed by atoms with Gasteiger partial charge in [0.25, 0.3) is 0 Å². The zero-order valence-corrected chi connectivity index (χ0v) is 10.5. The number of aliphatic carboxylic acids is 1. The lowest BCUT2D eigenvalue weighted by Gasteiger charge is -2.32. The molecule has 0 radical (unpaired) electrons. The van der Waals surface area contributed by atoms with Crippen LogP contribution in [0.25, 0.3) is 0 Å². The van der Waals surface area contributed by atoms with Gasteiger partial charge in [-0.3, -0.25) is 0 Å². The van der Waals surface area contributed by atoms with E-state index in [0.29, 0.717) is 18.7 Å². The van der Waals surface area contributed by atoms with E-state index in [-0.39, 0.29) is 12.6 Å². The molecule has 1 aliphatic heterocycles. The average molecular weight is 264 g/mol. The Bertz CT molecular complexity index is 452. The smallest absolute Gasteiger partial charge is 0.326 e. The third kappa shape index (κ3) is 3.40. The first-order valence-corrected chi connectivity index (χ1v) is 6.20. The topological polar surface area (TPSA) is 95.4 Å². The molecule has 1 atom stereocenters. The van der Waals surface area contributed by atoms with Crippen molar-refractivity contribution in [2.45, 2.75) is 31.8 Å². The minimum Gasteiger partial charge on any atom is -0.480 e. The van der Waals surface area contributed by atoms with Crippen LogP contribution in [0.2, 0.25) is 0 Å². The Hall–Kier alpha value is -2.18. The number of hydrogen-bond donors (Lipinski definition) is 2. The van der Waals surface area contributed by atoms with Crippen LogP contribution in [0.1, 0.15) is 25.0 Å². The van der Waals surface area contributed by atoms with Crippen molar-refractivity contribution in [3.63, 3.8) is 0 Å². The molecule has 0 aliphatic carbocycles. The van der Waals surface area contributed by atoms with Gasteiger partial charge in [-0.25, -0.2) is 19.6 Å². The normalized spacial score (nSPS) is 18.9. The van der Waals surface area contributed by atoms with Crippen LogP contribution in [0.4, 0.5) is 4.79 Å². The molecule has 0 spiro atoms. The number of carbonyl (C=O) groups excluding carboxylic acids is 1. The maximum atomic E-state index is 12.0. The number of nitrogens with one attached hydrogen (secondary N) is 1. The number of rotatable bonds is 3. The summed E-state index contributed by atoms with van der Waals surface area (Å²) in [4.78, 5) is 32.3. The van der Waals surface area contributed by atoms with Gasteiger partial charge >= 0.3 is 12.0 Å². The summed E-state index contributed by atoms with van der Waals surface area (Å²) >= 11 is 0. The Morgan fingerprint density at radius 2 is 2.32 bits per heavy atom. The third-order valence-corrected chi connectivity index (χ3v) is 3.11. The minimum atomic E-state index is -0.947. The van der Waals surface area contributed by atoms with Crippen LogP contribution in [0.5, 0.6) is 0 Å². The van der Waals surface area contributed by atoms with Crippen LogP contribution < -0.4 is 5.32 Å². The van der Waals surface area contributed by atoms with Gasteiger partial charge in [-0.2, -0.15) is 0 Å². The lowest BCUT2D eigenvalue weighted by Crippen LogP contribution is -2.51. The summed E-state index contributed by atoms with van der Waals surface area (Å²) in [6, 6.07) is 0.621. The van der Waals surface area contributed by atoms with E-state index in [4.69, 9.17) is 5.11 Å². The number of carboxylic acid groups (broad SMARTS) is 1. The van der Waals surface area contributed by atoms with Crippen molar-refractivity contribution < 1.29 is 14.7 Å². The van der Waals surface area contributed by atoms with E-state index in [1.54, 1.807) is 12.3 Å². The second kappa shape index (κ2) is 6.12. The highest BCUT2D eigenvalue weighted by Gasteiger charge is 2.31. The lowest BCUT2D eigenvalue weighted by atomic mass is 10.0. The molecule has 1 aromatic heterocycles. The second-order valence-corrected chi connectivity index (χ2v) is 4.40. The van der Waals surface area contributed by atoms with Gasteiger partial charge in [0, 0.05) is 12.7 Å². The summed E-state index contributed by atoms with van der Waals surface area (Å²) in [6.07, 6.45) is 5.19. The molecule has 2 amide bonds. The van der Waals surface area contributed by atoms with Crippen molar-refractivity contribution in [1.29, 1.82) is 0 Å². The highest BCUT2D eigenvalue weighted by molar-refractivity contribution is 5.82. The SMILES string of the molecule is O=C(O)C1CCCCN1C(=O)NCc1ccncn1. The molecule has 0 bridgehead atoms. The number of carbonyl (C=O) groups is 2. The summed E-state index contributed by atoms with van der Waals surface area (Å²) in [5.74, 6) is -0.947. The van der Waals surface area contributed by atoms with Crippen LogP contribution in [0.15, 0.2) is 18.6 Å². The van der Waals surface area contributed by atoms with E-state index in [9.17, 15) is 9.59 Å². The van der Waals surface area contributed by atoms with E-state index in [1.807, 2.05) is 0 Å². The maximum absolute atomic E-state index is 12.0. The summed E-state index contributed by atoms with van der Waals surface area (Å²) in [6.45, 7) is 0.747. The Kier molecular flexibility index (Phi) is 4.27. The van der Waals surface area contributed by atoms with Crippen molar-refractivity contribution in [1.82, 2.24) is 20.2 Å². The Balaban J connectivity index is 1.93. The number of urea groups is 1. The second-order valence-electron chi connectivity index (χ2n) is 4.40. The molecule has 102 valence electrons. The largest absolute Gasteiger partial charge is 0.480 e. The predicted molar refractivity (Wildman–Crippen MR) is 66.2 cm³/mol. The van der Waals surface area contributed by atoms with E-state index < -0.39 is 12.0 Å². The van der Waals surface area contributed by atoms with Gasteiger partial charge in [0.2, 0.25) is 0 Å². The van der Waals surface area contributed by atoms with Gasteiger partial charge in [0.15, 0.2) is 0 Å². The number of aromatic nitrogens is 2. The van der Waals surface area contributed by atoms with Crippen LogP contribution >= 0.6 is 0 Å². The van der Waals surface area contributed by atoms with Crippen LogP contribution in [-0.2, 0) is 11.3 Å². The van der Waals surface area contributed by atoms with Crippen molar-refractivity contribution >= 4 is 12.0 Å². The predicted octanol–water partition coefficient (Wildman–Crippen LogP) is 0.625. The zero-order valence-electron chi connectivity index (χ0n) is 10.5. The van der Waals surface area contributed by atoms with Crippen molar-refractivity contribution in [2.75, 3.05) is 6.54 Å². The summed E-state index contributed by atoms with van der Waals surface area (Å²) in [7, 11) is 0. The molecule has 1 aliphatic rings. The Labute approximate surface area is 110 Å². The Morgan fingerprint density at radius 3 is 3.00 bits per heavy atom. The molecule has 1 aromatic rings. The van der Waals surface area contributed by atoms with Gasteiger partial charge < -0.3 is 15.3 Å². The number of likely N-dealkylation sites (tertiary alicyclic amines) is 1. The fourth-order valence-corrected chi connectivity index (χ4v) is 2.12. The molecule has 0 saturated carbocycles. The van der Waals surface area contributed by atoms with E-state index in [2.05, 4.69) is 15.3 Å². The van der Waals surface area contributed by atoms with Gasteiger partial charge in [-0.05, 0) is 25.3 Å². The molecule has 2 N–H and O–H groups in total. The highest BCUT2D eigenvalue weighted by atomic mass is 16.4. The van der Waals surface area contributed by atoms with Crippen molar-refractivity contribution in [2.24, 2.45) is 0 Å². The van der Waals surface area contributed by atoms with Crippen LogP contribution in [-0.4, -0.2) is 44.6 Å². The first-order valence-electron chi connectivity index (χ1n) is 6.20. The van der Waals surface area contributed by atoms with Gasteiger partial charge in [-0.1, -0.05) is 0 Å². The fourth-order valence-electron chi connectivity index (χ4n) is 2.12. The molecule has 7 nitrogen and oxygen atoms in total.